The van der Waals surface area contributed by atoms with Crippen molar-refractivity contribution >= 4 is 73.5 Å². The summed E-state index contributed by atoms with van der Waals surface area (Å²) in [5.74, 6) is 0. The molecule has 308 valence electrons. The molecular weight excluding hydrogens is 739 g/mol. The van der Waals surface area contributed by atoms with Crippen LogP contribution in [0.2, 0.25) is 0 Å². The Labute approximate surface area is 364 Å². The third-order valence-electron chi connectivity index (χ3n) is 15.7. The molecule has 4 heteroatoms. The highest BCUT2D eigenvalue weighted by molar-refractivity contribution is 7.00. The number of hydrogen-bond acceptors (Lipinski definition) is 3. The van der Waals surface area contributed by atoms with Gasteiger partial charge in [-0.3, -0.25) is 0 Å². The van der Waals surface area contributed by atoms with Gasteiger partial charge < -0.3 is 14.2 Å². The fourth-order valence-corrected chi connectivity index (χ4v) is 11.9. The van der Waals surface area contributed by atoms with E-state index in [4.69, 9.17) is 4.42 Å². The van der Waals surface area contributed by atoms with Crippen molar-refractivity contribution in [2.24, 2.45) is 0 Å². The van der Waals surface area contributed by atoms with E-state index < -0.39 is 0 Å². The van der Waals surface area contributed by atoms with Gasteiger partial charge in [0.05, 0.1) is 11.2 Å². The molecule has 3 aliphatic heterocycles. The van der Waals surface area contributed by atoms with E-state index in [0.29, 0.717) is 0 Å². The Morgan fingerprint density at radius 3 is 1.95 bits per heavy atom. The number of hydrogen-bond donors (Lipinski definition) is 0. The van der Waals surface area contributed by atoms with Gasteiger partial charge in [0.1, 0.15) is 11.2 Å². The standard InChI is InChI=1S/C57H61BN2O/c1-34-26-47-51-48(27-34)60-52-42(56(11)24-16-17-25-57(56,60)12)29-38(55(8,9)10)30-44(52)58(51)43-32-41-39-22-20-37(54(5,6)7)31-49(39)61-50(41)33-46(43)59(47)45-23-21-36(53(2,3)4)28-40(45)35-18-14-13-15-19-35/h13-15,18-23,26-33H,16-17,24-25H2,1-12H3. The molecule has 2 atom stereocenters. The SMILES string of the molecule is Cc1cc2c3c(c1)N1c4c(cc(C(C)(C)C)cc4C4(C)CCCCC14C)B3c1cc3c(cc1N2c1ccc(C(C)(C)C)cc1-c1ccccc1)oc1cc(C(C)(C)C)ccc13. The molecule has 0 bridgehead atoms. The van der Waals surface area contributed by atoms with Gasteiger partial charge in [0.2, 0.25) is 0 Å². The molecule has 11 rings (SSSR count). The lowest BCUT2D eigenvalue weighted by Crippen LogP contribution is -2.64. The second-order valence-corrected chi connectivity index (χ2v) is 22.7. The molecular formula is C57H61BN2O. The van der Waals surface area contributed by atoms with Gasteiger partial charge >= 0.3 is 0 Å². The first-order valence-electron chi connectivity index (χ1n) is 22.9. The molecule has 7 aromatic rings. The third-order valence-corrected chi connectivity index (χ3v) is 15.7. The summed E-state index contributed by atoms with van der Waals surface area (Å²) in [4.78, 5) is 5.49. The van der Waals surface area contributed by atoms with E-state index in [-0.39, 0.29) is 33.9 Å². The Kier molecular flexibility index (Phi) is 7.90. The van der Waals surface area contributed by atoms with Crippen molar-refractivity contribution in [1.29, 1.82) is 0 Å². The third kappa shape index (κ3) is 5.36. The summed E-state index contributed by atoms with van der Waals surface area (Å²) < 4.78 is 6.97. The zero-order valence-corrected chi connectivity index (χ0v) is 38.5. The summed E-state index contributed by atoms with van der Waals surface area (Å²) >= 11 is 0. The molecule has 4 heterocycles. The van der Waals surface area contributed by atoms with E-state index in [1.165, 1.54) is 115 Å². The molecule has 1 aliphatic carbocycles. The highest BCUT2D eigenvalue weighted by Crippen LogP contribution is 2.62. The predicted molar refractivity (Wildman–Crippen MR) is 262 cm³/mol. The van der Waals surface area contributed by atoms with Gasteiger partial charge in [0.15, 0.2) is 0 Å². The fraction of sp³-hybridized carbons (Fsp3) is 0.368. The van der Waals surface area contributed by atoms with Crippen LogP contribution in [-0.4, -0.2) is 12.3 Å². The van der Waals surface area contributed by atoms with Crippen LogP contribution >= 0.6 is 0 Å². The molecule has 4 aliphatic rings. The smallest absolute Gasteiger partial charge is 0.252 e. The second-order valence-electron chi connectivity index (χ2n) is 22.7. The first-order valence-corrected chi connectivity index (χ1v) is 22.9. The van der Waals surface area contributed by atoms with Crippen LogP contribution in [-0.2, 0) is 21.7 Å². The Morgan fingerprint density at radius 1 is 0.574 bits per heavy atom. The maximum atomic E-state index is 6.97. The lowest BCUT2D eigenvalue weighted by molar-refractivity contribution is 0.195. The predicted octanol–water partition coefficient (Wildman–Crippen LogP) is 13.8. The van der Waals surface area contributed by atoms with Crippen molar-refractivity contribution in [3.63, 3.8) is 0 Å². The van der Waals surface area contributed by atoms with Gasteiger partial charge in [0, 0.05) is 50.6 Å². The van der Waals surface area contributed by atoms with Gasteiger partial charge in [0.25, 0.3) is 6.71 Å². The summed E-state index contributed by atoms with van der Waals surface area (Å²) in [5, 5.41) is 2.38. The Morgan fingerprint density at radius 2 is 1.23 bits per heavy atom. The van der Waals surface area contributed by atoms with Crippen LogP contribution in [0.3, 0.4) is 0 Å². The van der Waals surface area contributed by atoms with E-state index in [1.54, 1.807) is 5.56 Å². The zero-order valence-electron chi connectivity index (χ0n) is 38.5. The van der Waals surface area contributed by atoms with Crippen molar-refractivity contribution in [3.05, 3.63) is 131 Å². The monoisotopic (exact) mass is 800 g/mol. The minimum atomic E-state index is -0.0461. The van der Waals surface area contributed by atoms with Crippen molar-refractivity contribution < 1.29 is 4.42 Å². The highest BCUT2D eigenvalue weighted by atomic mass is 16.3. The molecule has 2 unspecified atom stereocenters. The molecule has 0 amide bonds. The van der Waals surface area contributed by atoms with E-state index >= 15 is 0 Å². The Hall–Kier alpha value is -5.22. The van der Waals surface area contributed by atoms with Gasteiger partial charge in [-0.2, -0.15) is 0 Å². The summed E-state index contributed by atoms with van der Waals surface area (Å²) in [6, 6.07) is 40.4. The number of rotatable bonds is 2. The van der Waals surface area contributed by atoms with Crippen molar-refractivity contribution in [1.82, 2.24) is 0 Å². The van der Waals surface area contributed by atoms with Gasteiger partial charge in [-0.25, -0.2) is 0 Å². The lowest BCUT2D eigenvalue weighted by Gasteiger charge is -2.53. The van der Waals surface area contributed by atoms with Crippen LogP contribution in [0.15, 0.2) is 108 Å². The molecule has 3 nitrogen and oxygen atoms in total. The quantitative estimate of drug-likeness (QED) is 0.162. The van der Waals surface area contributed by atoms with Crippen LogP contribution in [0.5, 0.6) is 0 Å². The maximum Gasteiger partial charge on any atom is 0.252 e. The Bertz CT molecular complexity index is 2990. The van der Waals surface area contributed by atoms with E-state index in [0.717, 1.165) is 11.2 Å². The summed E-state index contributed by atoms with van der Waals surface area (Å²) in [6.07, 6.45) is 4.92. The largest absolute Gasteiger partial charge is 0.456 e. The van der Waals surface area contributed by atoms with Crippen molar-refractivity contribution in [3.8, 4) is 11.1 Å². The molecule has 1 fully saturated rings. The van der Waals surface area contributed by atoms with Crippen LogP contribution in [0.25, 0.3) is 33.1 Å². The number of anilines is 5. The first-order chi connectivity index (χ1) is 28.8. The Balaban J connectivity index is 1.29. The van der Waals surface area contributed by atoms with Crippen LogP contribution in [0.1, 0.15) is 130 Å². The van der Waals surface area contributed by atoms with Crippen LogP contribution < -0.4 is 26.2 Å². The van der Waals surface area contributed by atoms with E-state index in [1.807, 2.05) is 0 Å². The number of aryl methyl sites for hydroxylation is 1. The summed E-state index contributed by atoms with van der Waals surface area (Å²) in [6.45, 7) is 28.6. The minimum absolute atomic E-state index is 0.00481. The normalized spacial score (nSPS) is 20.6. The molecule has 0 spiro atoms. The average molecular weight is 801 g/mol. The van der Waals surface area contributed by atoms with Crippen LogP contribution in [0, 0.1) is 6.92 Å². The van der Waals surface area contributed by atoms with Crippen molar-refractivity contribution in [2.75, 3.05) is 9.80 Å². The molecule has 0 radical (unpaired) electrons. The molecule has 0 N–H and O–H groups in total. The summed E-state index contributed by atoms with van der Waals surface area (Å²) in [7, 11) is 0. The second kappa shape index (κ2) is 12.5. The molecule has 0 saturated heterocycles. The molecule has 6 aromatic carbocycles. The first kappa shape index (κ1) is 38.7. The highest BCUT2D eigenvalue weighted by Gasteiger charge is 2.61. The van der Waals surface area contributed by atoms with Crippen molar-refractivity contribution in [2.45, 2.75) is 136 Å². The minimum Gasteiger partial charge on any atom is -0.456 e. The average Bonchev–Trinajstić information content (AvgIpc) is 3.66. The molecule has 1 saturated carbocycles. The van der Waals surface area contributed by atoms with Gasteiger partial charge in [-0.1, -0.05) is 149 Å². The number of fused-ring (bicyclic) bond motifs is 10. The van der Waals surface area contributed by atoms with Gasteiger partial charge in [-0.05, 0) is 123 Å². The topological polar surface area (TPSA) is 19.6 Å². The fourth-order valence-electron chi connectivity index (χ4n) is 11.9. The van der Waals surface area contributed by atoms with E-state index in [9.17, 15) is 0 Å². The van der Waals surface area contributed by atoms with E-state index in [2.05, 4.69) is 196 Å². The zero-order chi connectivity index (χ0) is 42.8. The van der Waals surface area contributed by atoms with Crippen LogP contribution in [0.4, 0.5) is 28.4 Å². The summed E-state index contributed by atoms with van der Waals surface area (Å²) in [5.41, 5.74) is 22.0. The molecule has 61 heavy (non-hydrogen) atoms. The number of furan rings is 1. The lowest BCUT2D eigenvalue weighted by atomic mass is 9.33. The number of benzene rings is 6. The van der Waals surface area contributed by atoms with Gasteiger partial charge in [-0.15, -0.1) is 0 Å². The number of nitrogens with zero attached hydrogens (tertiary/aromatic N) is 2. The molecule has 1 aromatic heterocycles. The maximum absolute atomic E-state index is 6.97.